The average molecular weight is 945 g/mol. The smallest absolute Gasteiger partial charge is 0.328 e. The van der Waals surface area contributed by atoms with Gasteiger partial charge in [-0.2, -0.15) is 0 Å². The molecule has 1 heterocycles. The number of amides is 8. The number of methoxy groups -OCH3 is 1. The molecule has 20 heteroatoms. The number of hydrogen-bond donors (Lipinski definition) is 8. The second-order valence-corrected chi connectivity index (χ2v) is 18.5. The number of benzene rings is 1. The summed E-state index contributed by atoms with van der Waals surface area (Å²) in [5, 5.41) is 34.6. The number of esters is 1. The zero-order chi connectivity index (χ0) is 50.7. The normalized spacial score (nSPS) is 17.6. The van der Waals surface area contributed by atoms with Crippen molar-refractivity contribution in [1.82, 2.24) is 36.4 Å². The standard InChI is InChI=1S/C47H76N8O12/c1-11-28(6)40(44(63)49-29(7)41(60)51-34(24-31-16-13-12-14-17-31)46(65)55-21-15-18-36(55)47(66)67-10)53-39(59)25-37(57)32(22-26(2)3)50-43(62)35(19-20-38(48)58)54(9)45(64)33(23-27(4)5)52-42(61)30(8)56/h12-14,16-17,26-30,32-37,40,56-57H,11,15,18-25H2,1-10H3,(H2,48,58)(H,49,63)(H,50,62)(H,51,60)(H,52,61)(H,53,59). The molecule has 1 aliphatic heterocycles. The van der Waals surface area contributed by atoms with Crippen LogP contribution in [0.4, 0.5) is 0 Å². The predicted octanol–water partition coefficient (Wildman–Crippen LogP) is 0.200. The molecular formula is C47H76N8O12. The van der Waals surface area contributed by atoms with Gasteiger partial charge in [0, 0.05) is 26.4 Å². The predicted molar refractivity (Wildman–Crippen MR) is 248 cm³/mol. The molecule has 0 aliphatic carbocycles. The van der Waals surface area contributed by atoms with E-state index in [4.69, 9.17) is 10.5 Å². The monoisotopic (exact) mass is 945 g/mol. The number of aliphatic hydroxyl groups is 2. The fourth-order valence-corrected chi connectivity index (χ4v) is 7.86. The molecule has 0 saturated carbocycles. The fraction of sp³-hybridized carbons (Fsp3) is 0.681. The Labute approximate surface area is 394 Å². The third-order valence-electron chi connectivity index (χ3n) is 11.9. The zero-order valence-corrected chi connectivity index (χ0v) is 40.8. The van der Waals surface area contributed by atoms with E-state index in [0.29, 0.717) is 25.8 Å². The summed E-state index contributed by atoms with van der Waals surface area (Å²) in [6, 6.07) is 1.30. The lowest BCUT2D eigenvalue weighted by molar-refractivity contribution is -0.152. The third-order valence-corrected chi connectivity index (χ3v) is 11.9. The maximum Gasteiger partial charge on any atom is 0.328 e. The van der Waals surface area contributed by atoms with Crippen molar-refractivity contribution in [3.8, 4) is 0 Å². The van der Waals surface area contributed by atoms with Crippen LogP contribution in [0, 0.1) is 17.8 Å². The number of hydrogen-bond acceptors (Lipinski definition) is 12. The summed E-state index contributed by atoms with van der Waals surface area (Å²) in [5.41, 5.74) is 6.17. The van der Waals surface area contributed by atoms with Crippen molar-refractivity contribution >= 4 is 53.2 Å². The highest BCUT2D eigenvalue weighted by atomic mass is 16.5. The first-order chi connectivity index (χ1) is 31.4. The first kappa shape index (κ1) is 57.5. The molecule has 9 N–H and O–H groups in total. The highest BCUT2D eigenvalue weighted by Crippen LogP contribution is 2.21. The number of aliphatic hydroxyl groups excluding tert-OH is 2. The largest absolute Gasteiger partial charge is 0.467 e. The van der Waals surface area contributed by atoms with Gasteiger partial charge in [0.15, 0.2) is 0 Å². The van der Waals surface area contributed by atoms with Crippen molar-refractivity contribution in [2.75, 3.05) is 20.7 Å². The molecule has 2 rings (SSSR count). The van der Waals surface area contributed by atoms with Crippen molar-refractivity contribution in [3.05, 3.63) is 35.9 Å². The Kier molecular flexibility index (Phi) is 23.9. The summed E-state index contributed by atoms with van der Waals surface area (Å²) in [6.07, 6.45) is -2.09. The van der Waals surface area contributed by atoms with E-state index in [1.807, 2.05) is 33.8 Å². The quantitative estimate of drug-likeness (QED) is 0.0549. The van der Waals surface area contributed by atoms with Crippen LogP contribution < -0.4 is 32.3 Å². The maximum atomic E-state index is 14.0. The summed E-state index contributed by atoms with van der Waals surface area (Å²) in [7, 11) is 2.58. The molecule has 8 amide bonds. The minimum atomic E-state index is -1.50. The van der Waals surface area contributed by atoms with Crippen LogP contribution in [0.2, 0.25) is 0 Å². The molecule has 0 aromatic heterocycles. The highest BCUT2D eigenvalue weighted by molar-refractivity contribution is 5.96. The average Bonchev–Trinajstić information content (AvgIpc) is 3.76. The highest BCUT2D eigenvalue weighted by Gasteiger charge is 2.40. The van der Waals surface area contributed by atoms with Crippen molar-refractivity contribution in [3.63, 3.8) is 0 Å². The maximum absolute atomic E-state index is 14.0. The van der Waals surface area contributed by atoms with Gasteiger partial charge >= 0.3 is 5.97 Å². The van der Waals surface area contributed by atoms with Gasteiger partial charge in [-0.25, -0.2) is 4.79 Å². The van der Waals surface area contributed by atoms with E-state index in [9.17, 15) is 53.4 Å². The first-order valence-electron chi connectivity index (χ1n) is 23.3. The Morgan fingerprint density at radius 1 is 0.806 bits per heavy atom. The summed E-state index contributed by atoms with van der Waals surface area (Å²) >= 11 is 0. The Hall–Kier alpha value is -5.63. The molecule has 20 nitrogen and oxygen atoms in total. The number of nitrogens with two attached hydrogens (primary N) is 1. The van der Waals surface area contributed by atoms with Crippen LogP contribution in [-0.4, -0.2) is 148 Å². The molecular weight excluding hydrogens is 869 g/mol. The third kappa shape index (κ3) is 18.5. The minimum absolute atomic E-state index is 0.0791. The minimum Gasteiger partial charge on any atom is -0.467 e. The first-order valence-corrected chi connectivity index (χ1v) is 23.3. The molecule has 67 heavy (non-hydrogen) atoms. The number of ether oxygens (including phenoxy) is 1. The second-order valence-electron chi connectivity index (χ2n) is 18.5. The van der Waals surface area contributed by atoms with Gasteiger partial charge in [0.25, 0.3) is 0 Å². The van der Waals surface area contributed by atoms with Crippen molar-refractivity contribution in [2.24, 2.45) is 23.5 Å². The van der Waals surface area contributed by atoms with Gasteiger partial charge < -0.3 is 57.1 Å². The van der Waals surface area contributed by atoms with Gasteiger partial charge in [0.05, 0.1) is 25.7 Å². The van der Waals surface area contributed by atoms with E-state index in [2.05, 4.69) is 26.6 Å². The van der Waals surface area contributed by atoms with Crippen LogP contribution in [0.5, 0.6) is 0 Å². The number of likely N-dealkylation sites (tertiary alicyclic amines) is 1. The number of carbonyl (C=O) groups excluding carboxylic acids is 9. The molecule has 1 aromatic rings. The van der Waals surface area contributed by atoms with Gasteiger partial charge in [-0.1, -0.05) is 78.3 Å². The summed E-state index contributed by atoms with van der Waals surface area (Å²) in [5.74, 6) is -6.75. The fourth-order valence-electron chi connectivity index (χ4n) is 7.86. The van der Waals surface area contributed by atoms with E-state index >= 15 is 0 Å². The van der Waals surface area contributed by atoms with E-state index < -0.39 is 120 Å². The van der Waals surface area contributed by atoms with Gasteiger partial charge in [0.2, 0.25) is 47.3 Å². The lowest BCUT2D eigenvalue weighted by Gasteiger charge is -2.34. The Morgan fingerprint density at radius 2 is 1.42 bits per heavy atom. The molecule has 10 atom stereocenters. The molecule has 0 radical (unpaired) electrons. The van der Waals surface area contributed by atoms with Crippen LogP contribution in [0.25, 0.3) is 0 Å². The molecule has 1 fully saturated rings. The molecule has 1 aromatic carbocycles. The van der Waals surface area contributed by atoms with Crippen LogP contribution in [-0.2, 0) is 54.3 Å². The Morgan fingerprint density at radius 3 is 1.97 bits per heavy atom. The lowest BCUT2D eigenvalue weighted by atomic mass is 9.95. The van der Waals surface area contributed by atoms with E-state index in [0.717, 1.165) is 10.5 Å². The summed E-state index contributed by atoms with van der Waals surface area (Å²) < 4.78 is 4.92. The van der Waals surface area contributed by atoms with Gasteiger partial charge in [-0.05, 0) is 69.3 Å². The topological polar surface area (TPSA) is 296 Å². The van der Waals surface area contributed by atoms with Crippen LogP contribution in [0.1, 0.15) is 112 Å². The number of nitrogens with zero attached hydrogens (tertiary/aromatic N) is 2. The number of carbonyl (C=O) groups is 9. The number of nitrogens with one attached hydrogen (secondary N) is 5. The SMILES string of the molecule is CCC(C)C(NC(=O)CC(O)C(CC(C)C)NC(=O)C(CCC(N)=O)N(C)C(=O)C(CC(C)C)NC(=O)C(C)O)C(=O)NC(C)C(=O)NC(Cc1ccccc1)C(=O)N1CCCC1C(=O)OC. The second kappa shape index (κ2) is 27.9. The molecule has 1 saturated heterocycles. The molecule has 376 valence electrons. The summed E-state index contributed by atoms with van der Waals surface area (Å²) in [4.78, 5) is 122. The molecule has 1 aliphatic rings. The van der Waals surface area contributed by atoms with Crippen LogP contribution >= 0.6 is 0 Å². The molecule has 0 spiro atoms. The van der Waals surface area contributed by atoms with Gasteiger partial charge in [0.1, 0.15) is 42.4 Å². The number of rotatable bonds is 27. The van der Waals surface area contributed by atoms with E-state index in [-0.39, 0.29) is 43.9 Å². The van der Waals surface area contributed by atoms with Crippen molar-refractivity contribution < 1.29 is 58.1 Å². The molecule has 10 unspecified atom stereocenters. The number of likely N-dealkylation sites (N-methyl/N-ethyl adjacent to an activating group) is 1. The van der Waals surface area contributed by atoms with Crippen LogP contribution in [0.15, 0.2) is 30.3 Å². The lowest BCUT2D eigenvalue weighted by Crippen LogP contribution is -2.59. The zero-order valence-electron chi connectivity index (χ0n) is 40.8. The van der Waals surface area contributed by atoms with Gasteiger partial charge in [-0.15, -0.1) is 0 Å². The Bertz CT molecular complexity index is 1850. The number of primary amides is 1. The summed E-state index contributed by atoms with van der Waals surface area (Å²) in [6.45, 7) is 13.8. The van der Waals surface area contributed by atoms with Gasteiger partial charge in [-0.3, -0.25) is 38.4 Å². The Balaban J connectivity index is 2.26. The van der Waals surface area contributed by atoms with Crippen molar-refractivity contribution in [1.29, 1.82) is 0 Å². The molecule has 0 bridgehead atoms. The van der Waals surface area contributed by atoms with E-state index in [1.54, 1.807) is 38.1 Å². The van der Waals surface area contributed by atoms with E-state index in [1.165, 1.54) is 32.9 Å². The van der Waals surface area contributed by atoms with Crippen LogP contribution in [0.3, 0.4) is 0 Å². The van der Waals surface area contributed by atoms with Crippen molar-refractivity contribution in [2.45, 2.75) is 168 Å².